The Balaban J connectivity index is 2.86. The van der Waals surface area contributed by atoms with Gasteiger partial charge in [0.25, 0.3) is 0 Å². The predicted molar refractivity (Wildman–Crippen MR) is 67.8 cm³/mol. The van der Waals surface area contributed by atoms with Crippen LogP contribution in [0.15, 0.2) is 18.2 Å². The molecule has 0 aliphatic carbocycles. The topological polar surface area (TPSA) is 20.3 Å². The van der Waals surface area contributed by atoms with Crippen LogP contribution < -0.4 is 4.90 Å². The lowest BCUT2D eigenvalue weighted by Gasteiger charge is -2.18. The van der Waals surface area contributed by atoms with Gasteiger partial charge >= 0.3 is 0 Å². The molecule has 0 heterocycles. The Hall–Kier alpha value is -0.960. The van der Waals surface area contributed by atoms with Gasteiger partial charge in [-0.1, -0.05) is 6.07 Å². The van der Waals surface area contributed by atoms with E-state index in [1.807, 2.05) is 18.2 Å². The molecule has 3 heteroatoms. The van der Waals surface area contributed by atoms with Crippen molar-refractivity contribution in [3.8, 4) is 0 Å². The molecule has 1 rings (SSSR count). The van der Waals surface area contributed by atoms with Crippen LogP contribution in [0.5, 0.6) is 0 Å². The van der Waals surface area contributed by atoms with Crippen molar-refractivity contribution in [3.63, 3.8) is 0 Å². The first-order valence-corrected chi connectivity index (χ1v) is 5.64. The van der Waals surface area contributed by atoms with Crippen LogP contribution in [0.25, 0.3) is 0 Å². The summed E-state index contributed by atoms with van der Waals surface area (Å²) in [5.41, 5.74) is 3.40. The van der Waals surface area contributed by atoms with E-state index in [2.05, 4.69) is 26.5 Å². The molecule has 0 aliphatic heterocycles. The highest BCUT2D eigenvalue weighted by Crippen LogP contribution is 2.18. The molecule has 0 aromatic heterocycles. The van der Waals surface area contributed by atoms with E-state index in [1.165, 1.54) is 11.1 Å². The number of carbonyl (C=O) groups excluding carboxylic acids is 1. The number of benzene rings is 1. The third-order valence-corrected chi connectivity index (χ3v) is 2.80. The van der Waals surface area contributed by atoms with Gasteiger partial charge in [-0.05, 0) is 42.9 Å². The second kappa shape index (κ2) is 5.21. The second-order valence-corrected chi connectivity index (χ2v) is 4.14. The first kappa shape index (κ1) is 12.1. The molecule has 1 aromatic rings. The fourth-order valence-corrected chi connectivity index (χ4v) is 1.53. The van der Waals surface area contributed by atoms with Crippen LogP contribution in [0.2, 0.25) is 0 Å². The average Bonchev–Trinajstić information content (AvgIpc) is 2.21. The van der Waals surface area contributed by atoms with Gasteiger partial charge in [0.1, 0.15) is 0 Å². The lowest BCUT2D eigenvalue weighted by molar-refractivity contribution is -0.117. The summed E-state index contributed by atoms with van der Waals surface area (Å²) in [7, 11) is 1.80. The Kier molecular flexibility index (Phi) is 4.21. The van der Waals surface area contributed by atoms with Gasteiger partial charge in [-0.15, -0.1) is 0 Å². The summed E-state index contributed by atoms with van der Waals surface area (Å²) >= 11 is 4.06. The molecule has 0 atom stereocenters. The Bertz CT molecular complexity index is 363. The van der Waals surface area contributed by atoms with Crippen LogP contribution in [0, 0.1) is 13.8 Å². The summed E-state index contributed by atoms with van der Waals surface area (Å²) < 4.78 is 0. The molecule has 0 bridgehead atoms. The van der Waals surface area contributed by atoms with E-state index >= 15 is 0 Å². The zero-order chi connectivity index (χ0) is 11.4. The molecule has 15 heavy (non-hydrogen) atoms. The van der Waals surface area contributed by atoms with Crippen molar-refractivity contribution < 1.29 is 4.79 Å². The summed E-state index contributed by atoms with van der Waals surface area (Å²) in [5, 5.41) is 0. The lowest BCUT2D eigenvalue weighted by atomic mass is 10.1. The summed E-state index contributed by atoms with van der Waals surface area (Å²) in [5.74, 6) is 0.696. The maximum Gasteiger partial charge on any atom is 0.227 e. The fourth-order valence-electron chi connectivity index (χ4n) is 1.34. The largest absolute Gasteiger partial charge is 0.315 e. The van der Waals surface area contributed by atoms with E-state index in [4.69, 9.17) is 0 Å². The van der Waals surface area contributed by atoms with Crippen molar-refractivity contribution in [2.45, 2.75) is 20.3 Å². The average molecular weight is 223 g/mol. The maximum absolute atomic E-state index is 11.6. The molecule has 0 spiro atoms. The predicted octanol–water partition coefficient (Wildman–Crippen LogP) is 2.59. The lowest BCUT2D eigenvalue weighted by Crippen LogP contribution is -2.26. The van der Waals surface area contributed by atoms with Crippen molar-refractivity contribution in [1.82, 2.24) is 0 Å². The Labute approximate surface area is 96.7 Å². The zero-order valence-corrected chi connectivity index (χ0v) is 10.3. The number of thiol groups is 1. The third kappa shape index (κ3) is 2.99. The molecular formula is C12H17NOS. The number of nitrogens with zero attached hydrogens (tertiary/aromatic N) is 1. The number of amides is 1. The quantitative estimate of drug-likeness (QED) is 0.781. The number of carbonyl (C=O) groups is 1. The van der Waals surface area contributed by atoms with Gasteiger partial charge < -0.3 is 4.90 Å². The minimum atomic E-state index is 0.105. The van der Waals surface area contributed by atoms with Crippen LogP contribution in [0.3, 0.4) is 0 Å². The van der Waals surface area contributed by atoms with Crippen molar-refractivity contribution in [3.05, 3.63) is 29.3 Å². The molecule has 0 aliphatic rings. The Morgan fingerprint density at radius 3 is 2.53 bits per heavy atom. The molecule has 0 radical (unpaired) electrons. The van der Waals surface area contributed by atoms with Gasteiger partial charge in [0, 0.05) is 19.2 Å². The Morgan fingerprint density at radius 2 is 2.00 bits per heavy atom. The van der Waals surface area contributed by atoms with Gasteiger partial charge in [-0.25, -0.2) is 0 Å². The third-order valence-electron chi connectivity index (χ3n) is 2.58. The molecule has 0 N–H and O–H groups in total. The number of rotatable bonds is 3. The molecule has 1 aromatic carbocycles. The van der Waals surface area contributed by atoms with Crippen molar-refractivity contribution in [1.29, 1.82) is 0 Å². The normalized spacial score (nSPS) is 10.1. The number of hydrogen-bond donors (Lipinski definition) is 1. The minimum absolute atomic E-state index is 0.105. The maximum atomic E-state index is 11.6. The zero-order valence-electron chi connectivity index (χ0n) is 9.45. The fraction of sp³-hybridized carbons (Fsp3) is 0.417. The highest BCUT2D eigenvalue weighted by Gasteiger charge is 2.09. The van der Waals surface area contributed by atoms with E-state index in [0.29, 0.717) is 12.2 Å². The van der Waals surface area contributed by atoms with Gasteiger partial charge in [-0.2, -0.15) is 12.6 Å². The van der Waals surface area contributed by atoms with Gasteiger partial charge in [0.05, 0.1) is 0 Å². The number of aryl methyl sites for hydroxylation is 2. The van der Waals surface area contributed by atoms with Gasteiger partial charge in [-0.3, -0.25) is 4.79 Å². The molecule has 0 fully saturated rings. The van der Waals surface area contributed by atoms with Crippen molar-refractivity contribution >= 4 is 24.2 Å². The molecule has 82 valence electrons. The standard InChI is InChI=1S/C12H17NOS/c1-9-4-5-11(8-10(9)2)13(3)12(14)6-7-15/h4-5,8,15H,6-7H2,1-3H3. The van der Waals surface area contributed by atoms with Crippen LogP contribution in [0.1, 0.15) is 17.5 Å². The molecular weight excluding hydrogens is 206 g/mol. The smallest absolute Gasteiger partial charge is 0.227 e. The van der Waals surface area contributed by atoms with Crippen molar-refractivity contribution in [2.75, 3.05) is 17.7 Å². The minimum Gasteiger partial charge on any atom is -0.315 e. The SMILES string of the molecule is Cc1ccc(N(C)C(=O)CCS)cc1C. The van der Waals surface area contributed by atoms with Crippen LogP contribution >= 0.6 is 12.6 Å². The van der Waals surface area contributed by atoms with E-state index in [1.54, 1.807) is 11.9 Å². The highest BCUT2D eigenvalue weighted by atomic mass is 32.1. The summed E-state index contributed by atoms with van der Waals surface area (Å²) in [6.07, 6.45) is 0.479. The summed E-state index contributed by atoms with van der Waals surface area (Å²) in [6.45, 7) is 4.12. The van der Waals surface area contributed by atoms with Crippen LogP contribution in [-0.4, -0.2) is 18.7 Å². The second-order valence-electron chi connectivity index (χ2n) is 3.69. The van der Waals surface area contributed by atoms with E-state index in [-0.39, 0.29) is 5.91 Å². The number of hydrogen-bond acceptors (Lipinski definition) is 2. The molecule has 0 saturated heterocycles. The first-order valence-electron chi connectivity index (χ1n) is 5.01. The first-order chi connectivity index (χ1) is 7.06. The van der Waals surface area contributed by atoms with Crippen LogP contribution in [-0.2, 0) is 4.79 Å². The van der Waals surface area contributed by atoms with Crippen molar-refractivity contribution in [2.24, 2.45) is 0 Å². The van der Waals surface area contributed by atoms with Crippen LogP contribution in [0.4, 0.5) is 5.69 Å². The Morgan fingerprint density at radius 1 is 1.33 bits per heavy atom. The summed E-state index contributed by atoms with van der Waals surface area (Å²) in [4.78, 5) is 13.3. The molecule has 0 saturated carbocycles. The van der Waals surface area contributed by atoms with Gasteiger partial charge in [0.15, 0.2) is 0 Å². The molecule has 1 amide bonds. The van der Waals surface area contributed by atoms with E-state index < -0.39 is 0 Å². The molecule has 2 nitrogen and oxygen atoms in total. The van der Waals surface area contributed by atoms with Gasteiger partial charge in [0.2, 0.25) is 5.91 Å². The monoisotopic (exact) mass is 223 g/mol. The molecule has 0 unspecified atom stereocenters. The summed E-state index contributed by atoms with van der Waals surface area (Å²) in [6, 6.07) is 6.04. The van der Waals surface area contributed by atoms with E-state index in [9.17, 15) is 4.79 Å². The highest BCUT2D eigenvalue weighted by molar-refractivity contribution is 7.80. The van der Waals surface area contributed by atoms with E-state index in [0.717, 1.165) is 5.69 Å². The number of anilines is 1.